The Kier molecular flexibility index (Phi) is 2.62. The monoisotopic (exact) mass is 232 g/mol. The summed E-state index contributed by atoms with van der Waals surface area (Å²) in [5.41, 5.74) is 2.01. The standard InChI is InChI=1S/C12H12N2O3/c15-12(10-6-16-4-3-13-10)8-1-2-9-11(5-8)17-7-14-9/h1-2,5,7,10,13H,3-4,6H2. The molecule has 1 N–H and O–H groups in total. The molecule has 1 unspecified atom stereocenters. The molecule has 17 heavy (non-hydrogen) atoms. The van der Waals surface area contributed by atoms with E-state index in [9.17, 15) is 4.79 Å². The molecule has 88 valence electrons. The number of nitrogens with zero attached hydrogens (tertiary/aromatic N) is 1. The number of nitrogens with one attached hydrogen (secondary N) is 1. The Morgan fingerprint density at radius 2 is 2.41 bits per heavy atom. The van der Waals surface area contributed by atoms with Crippen LogP contribution in [-0.4, -0.2) is 36.6 Å². The Morgan fingerprint density at radius 1 is 1.47 bits per heavy atom. The first kappa shape index (κ1) is 10.4. The molecule has 0 spiro atoms. The fourth-order valence-electron chi connectivity index (χ4n) is 1.94. The smallest absolute Gasteiger partial charge is 0.182 e. The predicted molar refractivity (Wildman–Crippen MR) is 60.9 cm³/mol. The average Bonchev–Trinajstić information content (AvgIpc) is 2.86. The maximum absolute atomic E-state index is 12.2. The predicted octanol–water partition coefficient (Wildman–Crippen LogP) is 0.999. The first-order chi connectivity index (χ1) is 8.34. The molecule has 1 fully saturated rings. The molecule has 0 saturated carbocycles. The van der Waals surface area contributed by atoms with Crippen molar-refractivity contribution in [3.05, 3.63) is 30.2 Å². The second kappa shape index (κ2) is 4.27. The van der Waals surface area contributed by atoms with Gasteiger partial charge in [0.15, 0.2) is 17.8 Å². The highest BCUT2D eigenvalue weighted by Crippen LogP contribution is 2.16. The number of oxazole rings is 1. The summed E-state index contributed by atoms with van der Waals surface area (Å²) in [4.78, 5) is 16.2. The number of Topliss-reactive ketones (excluding diaryl/α,β-unsaturated/α-hetero) is 1. The van der Waals surface area contributed by atoms with Crippen LogP contribution in [0.2, 0.25) is 0 Å². The van der Waals surface area contributed by atoms with E-state index in [0.29, 0.717) is 30.9 Å². The van der Waals surface area contributed by atoms with Gasteiger partial charge < -0.3 is 14.5 Å². The molecule has 3 rings (SSSR count). The van der Waals surface area contributed by atoms with Gasteiger partial charge in [-0.15, -0.1) is 0 Å². The van der Waals surface area contributed by atoms with Crippen LogP contribution in [0.1, 0.15) is 10.4 Å². The molecule has 1 aromatic heterocycles. The molecule has 1 aliphatic heterocycles. The maximum atomic E-state index is 12.2. The van der Waals surface area contributed by atoms with Crippen molar-refractivity contribution >= 4 is 16.9 Å². The number of carbonyl (C=O) groups excluding carboxylic acids is 1. The number of hydrogen-bond donors (Lipinski definition) is 1. The van der Waals surface area contributed by atoms with Crippen LogP contribution in [0.4, 0.5) is 0 Å². The molecule has 5 heteroatoms. The van der Waals surface area contributed by atoms with Crippen molar-refractivity contribution in [1.82, 2.24) is 10.3 Å². The minimum atomic E-state index is -0.260. The number of carbonyl (C=O) groups is 1. The van der Waals surface area contributed by atoms with Crippen molar-refractivity contribution in [2.45, 2.75) is 6.04 Å². The molecule has 1 aliphatic rings. The molecule has 0 radical (unpaired) electrons. The van der Waals surface area contributed by atoms with Crippen molar-refractivity contribution in [1.29, 1.82) is 0 Å². The first-order valence-electron chi connectivity index (χ1n) is 5.53. The number of ketones is 1. The van der Waals surface area contributed by atoms with Crippen LogP contribution < -0.4 is 5.32 Å². The summed E-state index contributed by atoms with van der Waals surface area (Å²) >= 11 is 0. The molecular formula is C12H12N2O3. The summed E-state index contributed by atoms with van der Waals surface area (Å²) in [5, 5.41) is 3.14. The molecule has 1 aromatic carbocycles. The largest absolute Gasteiger partial charge is 0.443 e. The third kappa shape index (κ3) is 1.94. The third-order valence-corrected chi connectivity index (χ3v) is 2.85. The van der Waals surface area contributed by atoms with Gasteiger partial charge in [-0.05, 0) is 18.2 Å². The molecule has 0 bridgehead atoms. The van der Waals surface area contributed by atoms with Gasteiger partial charge in [0.1, 0.15) is 5.52 Å². The Bertz CT molecular complexity index is 543. The zero-order valence-corrected chi connectivity index (χ0v) is 9.18. The van der Waals surface area contributed by atoms with Gasteiger partial charge >= 0.3 is 0 Å². The quantitative estimate of drug-likeness (QED) is 0.782. The number of morpholine rings is 1. The van der Waals surface area contributed by atoms with Crippen molar-refractivity contribution in [2.24, 2.45) is 0 Å². The normalized spacial score (nSPS) is 20.6. The van der Waals surface area contributed by atoms with Gasteiger partial charge in [0.2, 0.25) is 0 Å². The van der Waals surface area contributed by atoms with Crippen LogP contribution >= 0.6 is 0 Å². The summed E-state index contributed by atoms with van der Waals surface area (Å²) in [5.74, 6) is 0.0306. The first-order valence-corrected chi connectivity index (χ1v) is 5.53. The lowest BCUT2D eigenvalue weighted by atomic mass is 10.0. The number of ether oxygens (including phenoxy) is 1. The lowest BCUT2D eigenvalue weighted by Crippen LogP contribution is -2.46. The molecule has 1 saturated heterocycles. The van der Waals surface area contributed by atoms with Crippen molar-refractivity contribution in [3.63, 3.8) is 0 Å². The van der Waals surface area contributed by atoms with Gasteiger partial charge in [0.05, 0.1) is 19.3 Å². The van der Waals surface area contributed by atoms with Crippen LogP contribution in [0.3, 0.4) is 0 Å². The van der Waals surface area contributed by atoms with Gasteiger partial charge in [-0.25, -0.2) is 4.98 Å². The van der Waals surface area contributed by atoms with E-state index in [1.165, 1.54) is 6.39 Å². The second-order valence-electron chi connectivity index (χ2n) is 3.98. The van der Waals surface area contributed by atoms with Gasteiger partial charge in [-0.2, -0.15) is 0 Å². The fourth-order valence-corrected chi connectivity index (χ4v) is 1.94. The van der Waals surface area contributed by atoms with Crippen molar-refractivity contribution in [2.75, 3.05) is 19.8 Å². The Hall–Kier alpha value is -1.72. The van der Waals surface area contributed by atoms with Gasteiger partial charge in [0, 0.05) is 12.1 Å². The van der Waals surface area contributed by atoms with E-state index in [1.54, 1.807) is 18.2 Å². The highest BCUT2D eigenvalue weighted by atomic mass is 16.5. The molecule has 0 aliphatic carbocycles. The molecule has 0 amide bonds. The van der Waals surface area contributed by atoms with Gasteiger partial charge in [0.25, 0.3) is 0 Å². The van der Waals surface area contributed by atoms with E-state index in [2.05, 4.69) is 10.3 Å². The summed E-state index contributed by atoms with van der Waals surface area (Å²) in [7, 11) is 0. The Balaban J connectivity index is 1.88. The molecule has 2 aromatic rings. The number of rotatable bonds is 2. The second-order valence-corrected chi connectivity index (χ2v) is 3.98. The molecule has 5 nitrogen and oxygen atoms in total. The Labute approximate surface area is 97.8 Å². The van der Waals surface area contributed by atoms with Crippen LogP contribution in [-0.2, 0) is 4.74 Å². The number of benzene rings is 1. The van der Waals surface area contributed by atoms with E-state index in [-0.39, 0.29) is 11.8 Å². The van der Waals surface area contributed by atoms with E-state index < -0.39 is 0 Å². The average molecular weight is 232 g/mol. The highest BCUT2D eigenvalue weighted by molar-refractivity contribution is 6.02. The summed E-state index contributed by atoms with van der Waals surface area (Å²) in [6.45, 7) is 1.79. The minimum Gasteiger partial charge on any atom is -0.443 e. The summed E-state index contributed by atoms with van der Waals surface area (Å²) in [6.07, 6.45) is 1.38. The molecular weight excluding hydrogens is 220 g/mol. The molecule has 1 atom stereocenters. The number of fused-ring (bicyclic) bond motifs is 1. The van der Waals surface area contributed by atoms with E-state index in [1.807, 2.05) is 0 Å². The maximum Gasteiger partial charge on any atom is 0.182 e. The Morgan fingerprint density at radius 3 is 3.24 bits per heavy atom. The van der Waals surface area contributed by atoms with E-state index in [4.69, 9.17) is 9.15 Å². The van der Waals surface area contributed by atoms with Gasteiger partial charge in [-0.3, -0.25) is 4.79 Å². The number of aromatic nitrogens is 1. The lowest BCUT2D eigenvalue weighted by Gasteiger charge is -2.22. The van der Waals surface area contributed by atoms with E-state index >= 15 is 0 Å². The summed E-state index contributed by atoms with van der Waals surface area (Å²) < 4.78 is 10.5. The zero-order valence-electron chi connectivity index (χ0n) is 9.18. The van der Waals surface area contributed by atoms with Crippen molar-refractivity contribution in [3.8, 4) is 0 Å². The third-order valence-electron chi connectivity index (χ3n) is 2.85. The van der Waals surface area contributed by atoms with Crippen LogP contribution in [0.15, 0.2) is 29.0 Å². The fraction of sp³-hybridized carbons (Fsp3) is 0.333. The number of hydrogen-bond acceptors (Lipinski definition) is 5. The van der Waals surface area contributed by atoms with Gasteiger partial charge in [-0.1, -0.05) is 0 Å². The lowest BCUT2D eigenvalue weighted by molar-refractivity contribution is 0.0607. The molecule has 2 heterocycles. The van der Waals surface area contributed by atoms with Crippen molar-refractivity contribution < 1.29 is 13.9 Å². The van der Waals surface area contributed by atoms with E-state index in [0.717, 1.165) is 5.52 Å². The minimum absolute atomic E-state index is 0.0306. The zero-order chi connectivity index (χ0) is 11.7. The highest BCUT2D eigenvalue weighted by Gasteiger charge is 2.22. The van der Waals surface area contributed by atoms with Crippen LogP contribution in [0.5, 0.6) is 0 Å². The van der Waals surface area contributed by atoms with Crippen LogP contribution in [0, 0.1) is 0 Å². The topological polar surface area (TPSA) is 64.4 Å². The van der Waals surface area contributed by atoms with Crippen LogP contribution in [0.25, 0.3) is 11.1 Å². The summed E-state index contributed by atoms with van der Waals surface area (Å²) in [6, 6.07) is 5.02. The SMILES string of the molecule is O=C(c1ccc2ncoc2c1)C1COCCN1.